The summed E-state index contributed by atoms with van der Waals surface area (Å²) in [4.78, 5) is 38.3. The van der Waals surface area contributed by atoms with Gasteiger partial charge in [-0.15, -0.1) is 0 Å². The van der Waals surface area contributed by atoms with E-state index in [2.05, 4.69) is 5.32 Å². The van der Waals surface area contributed by atoms with Crippen LogP contribution in [0.4, 0.5) is 17.1 Å². The number of nitrogens with zero attached hydrogens (tertiary/aromatic N) is 2. The summed E-state index contributed by atoms with van der Waals surface area (Å²) in [6.45, 7) is 1.81. The quantitative estimate of drug-likeness (QED) is 0.272. The van der Waals surface area contributed by atoms with Crippen molar-refractivity contribution in [1.29, 1.82) is 5.41 Å². The number of nitrogens with one attached hydrogen (secondary N) is 2. The lowest BCUT2D eigenvalue weighted by molar-refractivity contribution is -0.134. The molecule has 0 spiro atoms. The Morgan fingerprint density at radius 3 is 2.29 bits per heavy atom. The van der Waals surface area contributed by atoms with Crippen LogP contribution in [0.2, 0.25) is 0 Å². The molecule has 38 heavy (non-hydrogen) atoms. The van der Waals surface area contributed by atoms with Crippen molar-refractivity contribution in [3.05, 3.63) is 90.0 Å². The van der Waals surface area contributed by atoms with Gasteiger partial charge in [0.05, 0.1) is 0 Å². The normalized spacial score (nSPS) is 13.5. The molecule has 0 bridgehead atoms. The standard InChI is InChI=1S/C27H29N5O2.C2H4O2/c1-31(22-13-15-23(16-14-22)32-17-6-5-12-24(32)33)27(34)25(19-8-3-2-4-9-19)30-21-11-7-10-20(18-21)26(28)29;1-2(3)4/h2-4,7-11,13-16,18,25,30H,5-6,12,17H2,1H3,(H3,28,29);1H3,(H,3,4). The Kier molecular flexibility index (Phi) is 9.59. The van der Waals surface area contributed by atoms with Crippen molar-refractivity contribution in [3.63, 3.8) is 0 Å². The molecule has 1 unspecified atom stereocenters. The average molecular weight is 516 g/mol. The van der Waals surface area contributed by atoms with Gasteiger partial charge < -0.3 is 26.0 Å². The Morgan fingerprint density at radius 1 is 1.03 bits per heavy atom. The summed E-state index contributed by atoms with van der Waals surface area (Å²) in [6, 6.07) is 23.6. The van der Waals surface area contributed by atoms with E-state index in [1.165, 1.54) is 0 Å². The van der Waals surface area contributed by atoms with Crippen molar-refractivity contribution < 1.29 is 19.5 Å². The van der Waals surface area contributed by atoms with Gasteiger partial charge in [0.1, 0.15) is 11.9 Å². The van der Waals surface area contributed by atoms with E-state index < -0.39 is 12.0 Å². The van der Waals surface area contributed by atoms with Crippen molar-refractivity contribution in [2.45, 2.75) is 32.2 Å². The van der Waals surface area contributed by atoms with Gasteiger partial charge in [-0.05, 0) is 54.8 Å². The van der Waals surface area contributed by atoms with Gasteiger partial charge in [0.25, 0.3) is 11.9 Å². The Hall–Kier alpha value is -4.66. The van der Waals surface area contributed by atoms with Crippen LogP contribution in [-0.4, -0.2) is 42.3 Å². The number of carbonyl (C=O) groups is 3. The number of benzene rings is 3. The van der Waals surface area contributed by atoms with Gasteiger partial charge in [-0.3, -0.25) is 19.8 Å². The second kappa shape index (κ2) is 13.0. The molecule has 0 aliphatic carbocycles. The second-order valence-electron chi connectivity index (χ2n) is 8.92. The molecule has 198 valence electrons. The first-order valence-electron chi connectivity index (χ1n) is 12.3. The average Bonchev–Trinajstić information content (AvgIpc) is 2.92. The number of nitrogen functional groups attached to an aromatic ring is 1. The summed E-state index contributed by atoms with van der Waals surface area (Å²) in [7, 11) is 1.74. The lowest BCUT2D eigenvalue weighted by atomic mass is 10.0. The monoisotopic (exact) mass is 515 g/mol. The molecule has 0 radical (unpaired) electrons. The third kappa shape index (κ3) is 7.42. The highest BCUT2D eigenvalue weighted by atomic mass is 16.4. The smallest absolute Gasteiger partial charge is 0.300 e. The van der Waals surface area contributed by atoms with Crippen molar-refractivity contribution >= 4 is 40.7 Å². The summed E-state index contributed by atoms with van der Waals surface area (Å²) in [5.74, 6) is -0.860. The molecule has 9 heteroatoms. The van der Waals surface area contributed by atoms with Crippen LogP contribution in [0.25, 0.3) is 0 Å². The second-order valence-corrected chi connectivity index (χ2v) is 8.92. The van der Waals surface area contributed by atoms with Crippen LogP contribution in [0, 0.1) is 5.41 Å². The predicted octanol–water partition coefficient (Wildman–Crippen LogP) is 4.39. The van der Waals surface area contributed by atoms with E-state index in [4.69, 9.17) is 21.0 Å². The van der Waals surface area contributed by atoms with Crippen LogP contribution in [0.15, 0.2) is 78.9 Å². The van der Waals surface area contributed by atoms with Crippen LogP contribution in [-0.2, 0) is 14.4 Å². The topological polar surface area (TPSA) is 140 Å². The van der Waals surface area contributed by atoms with Gasteiger partial charge in [0, 0.05) is 49.6 Å². The van der Waals surface area contributed by atoms with Crippen molar-refractivity contribution in [2.24, 2.45) is 5.73 Å². The van der Waals surface area contributed by atoms with E-state index in [0.717, 1.165) is 43.2 Å². The van der Waals surface area contributed by atoms with Gasteiger partial charge >= 0.3 is 0 Å². The van der Waals surface area contributed by atoms with Crippen molar-refractivity contribution in [3.8, 4) is 0 Å². The molecule has 9 nitrogen and oxygen atoms in total. The number of carboxylic acids is 1. The van der Waals surface area contributed by atoms with Crippen molar-refractivity contribution in [2.75, 3.05) is 28.7 Å². The fraction of sp³-hybridized carbons (Fsp3) is 0.241. The lowest BCUT2D eigenvalue weighted by Crippen LogP contribution is -2.36. The summed E-state index contributed by atoms with van der Waals surface area (Å²) in [5.41, 5.74) is 9.33. The predicted molar refractivity (Wildman–Crippen MR) is 150 cm³/mol. The van der Waals surface area contributed by atoms with Crippen LogP contribution in [0.1, 0.15) is 43.4 Å². The number of amides is 2. The molecular formula is C29H33N5O4. The van der Waals surface area contributed by atoms with Crippen LogP contribution in [0.3, 0.4) is 0 Å². The maximum absolute atomic E-state index is 13.6. The van der Waals surface area contributed by atoms with Crippen LogP contribution in [0.5, 0.6) is 0 Å². The van der Waals surface area contributed by atoms with E-state index >= 15 is 0 Å². The fourth-order valence-electron chi connectivity index (χ4n) is 4.13. The molecule has 1 heterocycles. The Bertz CT molecular complexity index is 1270. The van der Waals surface area contributed by atoms with Crippen LogP contribution >= 0.6 is 0 Å². The molecule has 0 saturated carbocycles. The third-order valence-electron chi connectivity index (χ3n) is 6.07. The zero-order valence-corrected chi connectivity index (χ0v) is 21.6. The molecule has 2 amide bonds. The molecule has 1 aliphatic rings. The van der Waals surface area contributed by atoms with Crippen LogP contribution < -0.4 is 20.9 Å². The number of amidine groups is 1. The first kappa shape index (κ1) is 27.9. The number of aliphatic carboxylic acids is 1. The molecule has 1 aliphatic heterocycles. The van der Waals surface area contributed by atoms with E-state index in [1.807, 2.05) is 65.6 Å². The Balaban J connectivity index is 0.000000934. The minimum atomic E-state index is -0.833. The molecule has 0 aromatic heterocycles. The number of nitrogens with two attached hydrogens (primary N) is 1. The summed E-state index contributed by atoms with van der Waals surface area (Å²) in [5, 5.41) is 18.4. The molecule has 1 atom stereocenters. The highest BCUT2D eigenvalue weighted by molar-refractivity contribution is 6.00. The lowest BCUT2D eigenvalue weighted by Gasteiger charge is -2.28. The largest absolute Gasteiger partial charge is 0.481 e. The maximum atomic E-state index is 13.6. The molecular weight excluding hydrogens is 482 g/mol. The summed E-state index contributed by atoms with van der Waals surface area (Å²) >= 11 is 0. The number of carbonyl (C=O) groups excluding carboxylic acids is 2. The van der Waals surface area contributed by atoms with E-state index in [1.54, 1.807) is 30.1 Å². The van der Waals surface area contributed by atoms with Gasteiger partial charge in [-0.2, -0.15) is 0 Å². The number of hydrogen-bond donors (Lipinski definition) is 4. The minimum Gasteiger partial charge on any atom is -0.481 e. The zero-order valence-electron chi connectivity index (χ0n) is 21.6. The molecule has 5 N–H and O–H groups in total. The molecule has 1 saturated heterocycles. The van der Waals surface area contributed by atoms with E-state index in [9.17, 15) is 9.59 Å². The zero-order chi connectivity index (χ0) is 27.7. The summed E-state index contributed by atoms with van der Waals surface area (Å²) in [6.07, 6.45) is 2.52. The fourth-order valence-corrected chi connectivity index (χ4v) is 4.13. The van der Waals surface area contributed by atoms with Crippen molar-refractivity contribution in [1.82, 2.24) is 0 Å². The first-order valence-corrected chi connectivity index (χ1v) is 12.3. The first-order chi connectivity index (χ1) is 18.2. The van der Waals surface area contributed by atoms with Gasteiger partial charge in [0.2, 0.25) is 5.91 Å². The number of hydrogen-bond acceptors (Lipinski definition) is 5. The Morgan fingerprint density at radius 2 is 1.68 bits per heavy atom. The number of likely N-dealkylation sites (N-methyl/N-ethyl adjacent to an activating group) is 1. The molecule has 4 rings (SSSR count). The maximum Gasteiger partial charge on any atom is 0.300 e. The SMILES string of the molecule is CC(=O)O.CN(C(=O)C(Nc1cccc(C(=N)N)c1)c1ccccc1)c1ccc(N2CCCCC2=O)cc1. The van der Waals surface area contributed by atoms with Gasteiger partial charge in [-0.25, -0.2) is 0 Å². The van der Waals surface area contributed by atoms with E-state index in [0.29, 0.717) is 17.7 Å². The number of rotatable bonds is 7. The number of anilines is 3. The van der Waals surface area contributed by atoms with E-state index in [-0.39, 0.29) is 17.6 Å². The van der Waals surface area contributed by atoms with Gasteiger partial charge in [-0.1, -0.05) is 42.5 Å². The summed E-state index contributed by atoms with van der Waals surface area (Å²) < 4.78 is 0. The molecule has 3 aromatic rings. The Labute approximate surface area is 222 Å². The number of piperidine rings is 1. The highest BCUT2D eigenvalue weighted by Gasteiger charge is 2.26. The minimum absolute atomic E-state index is 0.0318. The third-order valence-corrected chi connectivity index (χ3v) is 6.07. The molecule has 3 aromatic carbocycles. The molecule has 1 fully saturated rings. The van der Waals surface area contributed by atoms with Gasteiger partial charge in [0.15, 0.2) is 0 Å². The highest BCUT2D eigenvalue weighted by Crippen LogP contribution is 2.27. The number of carboxylic acid groups (broad SMARTS) is 1.